The molecule has 1 aliphatic rings. The van der Waals surface area contributed by atoms with Crippen LogP contribution in [0.2, 0.25) is 0 Å². The summed E-state index contributed by atoms with van der Waals surface area (Å²) in [5, 5.41) is 27.1. The van der Waals surface area contributed by atoms with Crippen molar-refractivity contribution in [2.24, 2.45) is 0 Å². The largest absolute Gasteiger partial charge is 0.0616 e. The zero-order valence-corrected chi connectivity index (χ0v) is 50.0. The summed E-state index contributed by atoms with van der Waals surface area (Å²) >= 11 is 0. The van der Waals surface area contributed by atoms with Crippen molar-refractivity contribution in [3.8, 4) is 44.5 Å². The van der Waals surface area contributed by atoms with Crippen LogP contribution in [0.5, 0.6) is 0 Å². The van der Waals surface area contributed by atoms with Gasteiger partial charge in [-0.05, 0) is 225 Å². The van der Waals surface area contributed by atoms with Crippen LogP contribution in [0.25, 0.3) is 152 Å². The molecule has 1 aliphatic carbocycles. The van der Waals surface area contributed by atoms with Crippen LogP contribution in [0.3, 0.4) is 0 Å². The van der Waals surface area contributed by atoms with E-state index < -0.39 is 0 Å². The summed E-state index contributed by atoms with van der Waals surface area (Å²) in [6.45, 7) is 38.1. The van der Waals surface area contributed by atoms with Crippen molar-refractivity contribution < 1.29 is 0 Å². The molecule has 0 aromatic heterocycles. The summed E-state index contributed by atoms with van der Waals surface area (Å²) in [6.07, 6.45) is 0. The van der Waals surface area contributed by atoms with E-state index in [0.29, 0.717) is 11.8 Å². The Hall–Kier alpha value is -7.54. The third-order valence-corrected chi connectivity index (χ3v) is 19.3. The first-order valence-electron chi connectivity index (χ1n) is 29.8. The summed E-state index contributed by atoms with van der Waals surface area (Å²) in [4.78, 5) is 0. The van der Waals surface area contributed by atoms with E-state index in [1.54, 1.807) is 0 Å². The van der Waals surface area contributed by atoms with Crippen molar-refractivity contribution in [3.05, 3.63) is 179 Å². The number of fused-ring (bicyclic) bond motifs is 13. The predicted molar refractivity (Wildman–Crippen MR) is 353 cm³/mol. The third kappa shape index (κ3) is 6.63. The number of rotatable bonds is 4. The summed E-state index contributed by atoms with van der Waals surface area (Å²) in [5.41, 5.74) is 19.1. The van der Waals surface area contributed by atoms with Crippen LogP contribution in [0.4, 0.5) is 0 Å². The molecule has 0 heteroatoms. The second-order valence-corrected chi connectivity index (χ2v) is 29.2. The fraction of sp³-hybridized carbons (Fsp3) is 0.275. The molecule has 394 valence electrons. The molecule has 0 nitrogen and oxygen atoms in total. The molecule has 0 spiro atoms. The number of benzene rings is 12. The molecular weight excluding hydrogens is 961 g/mol. The molecule has 80 heavy (non-hydrogen) atoms. The molecule has 15 rings (SSSR count). The van der Waals surface area contributed by atoms with Gasteiger partial charge in [-0.1, -0.05) is 250 Å². The Morgan fingerprint density at radius 1 is 0.237 bits per heavy atom. The van der Waals surface area contributed by atoms with E-state index in [2.05, 4.69) is 256 Å². The highest BCUT2D eigenvalue weighted by atomic mass is 14.4. The van der Waals surface area contributed by atoms with E-state index in [9.17, 15) is 0 Å². The highest BCUT2D eigenvalue weighted by Gasteiger charge is 2.34. The molecule has 0 radical (unpaired) electrons. The Morgan fingerprint density at radius 3 is 1.05 bits per heavy atom. The van der Waals surface area contributed by atoms with Gasteiger partial charge < -0.3 is 0 Å². The maximum absolute atomic E-state index is 2.63. The molecule has 0 aliphatic heterocycles. The second-order valence-electron chi connectivity index (χ2n) is 29.2. The van der Waals surface area contributed by atoms with Gasteiger partial charge in [0.15, 0.2) is 0 Å². The zero-order chi connectivity index (χ0) is 55.8. The molecular formula is C80H74. The summed E-state index contributed by atoms with van der Waals surface area (Å²) in [5.74, 6) is 0.833. The standard InChI is InChI=1S/C80H74/c1-41(2)49-24-25-50(42(3)4)69-60-31-27-55-57-29-33-62-73-61(32-28-56(71(57)73)54-26-30-59(68(49)69)72(60)70(54)55)75-65(43-34-45(77(5,6)7)38-46(35-43)78(8,9)10)64-40-63-52-21-18-17-20-51(52)53-22-19-23-58(67(53)63)74(64)66(76(62)75)44-36-47(79(11,12)13)39-48(37-44)80(14,15)16/h17-42H,1-16H3. The maximum Gasteiger partial charge on any atom is -0.000718 e. The van der Waals surface area contributed by atoms with Crippen LogP contribution < -0.4 is 0 Å². The molecule has 0 amide bonds. The fourth-order valence-corrected chi connectivity index (χ4v) is 15.2. The molecule has 0 heterocycles. The molecule has 0 atom stereocenters. The van der Waals surface area contributed by atoms with Crippen molar-refractivity contribution >= 4 is 108 Å². The number of hydrogen-bond donors (Lipinski definition) is 0. The molecule has 14 aromatic carbocycles. The van der Waals surface area contributed by atoms with Gasteiger partial charge in [0.25, 0.3) is 0 Å². The normalized spacial score (nSPS) is 13.7. The lowest BCUT2D eigenvalue weighted by atomic mass is 9.76. The first-order valence-corrected chi connectivity index (χ1v) is 29.8. The van der Waals surface area contributed by atoms with Crippen molar-refractivity contribution in [1.82, 2.24) is 0 Å². The maximum atomic E-state index is 2.63. The van der Waals surface area contributed by atoms with Crippen molar-refractivity contribution in [1.29, 1.82) is 0 Å². The van der Waals surface area contributed by atoms with Crippen molar-refractivity contribution in [2.75, 3.05) is 0 Å². The Morgan fingerprint density at radius 2 is 0.588 bits per heavy atom. The molecule has 0 fully saturated rings. The van der Waals surface area contributed by atoms with E-state index in [-0.39, 0.29) is 21.7 Å². The van der Waals surface area contributed by atoms with Crippen LogP contribution in [0.1, 0.15) is 156 Å². The van der Waals surface area contributed by atoms with Crippen molar-refractivity contribution in [3.63, 3.8) is 0 Å². The predicted octanol–water partition coefficient (Wildman–Crippen LogP) is 24.0. The van der Waals surface area contributed by atoms with Gasteiger partial charge in [0, 0.05) is 0 Å². The van der Waals surface area contributed by atoms with Gasteiger partial charge >= 0.3 is 0 Å². The zero-order valence-electron chi connectivity index (χ0n) is 50.0. The highest BCUT2D eigenvalue weighted by molar-refractivity contribution is 6.49. The first kappa shape index (κ1) is 49.5. The van der Waals surface area contributed by atoms with E-state index in [1.165, 1.54) is 186 Å². The van der Waals surface area contributed by atoms with Gasteiger partial charge in [-0.3, -0.25) is 0 Å². The minimum atomic E-state index is -0.0773. The molecule has 0 saturated carbocycles. The summed E-state index contributed by atoms with van der Waals surface area (Å²) in [6, 6.07) is 59.2. The quantitative estimate of drug-likeness (QED) is 0.122. The Balaban J connectivity index is 1.20. The molecule has 0 N–H and O–H groups in total. The lowest BCUT2D eigenvalue weighted by molar-refractivity contribution is 0.568. The van der Waals surface area contributed by atoms with Crippen LogP contribution in [-0.4, -0.2) is 0 Å². The van der Waals surface area contributed by atoms with Crippen molar-refractivity contribution in [2.45, 2.75) is 144 Å². The number of hydrogen-bond acceptors (Lipinski definition) is 0. The van der Waals surface area contributed by atoms with E-state index >= 15 is 0 Å². The molecule has 0 saturated heterocycles. The van der Waals surface area contributed by atoms with Crippen LogP contribution in [-0.2, 0) is 21.7 Å². The van der Waals surface area contributed by atoms with E-state index in [0.717, 1.165) is 0 Å². The SMILES string of the molecule is CC(C)c1ccc(C(C)C)c2c1-c1ccc3c4ccc5c6c(-c7cc(C(C)(C)C)cc(C(C)(C)C)c7)c7cc8c9ccccc9c9cccc(c7c(-c7cc(C(C)(C)C)cc(C(C)(C)C)c7)c6c6ccc(c7ccc-2c1c37)c4c56)c98. The van der Waals surface area contributed by atoms with Gasteiger partial charge in [-0.15, -0.1) is 0 Å². The smallest absolute Gasteiger partial charge is 0.000718 e. The second kappa shape index (κ2) is 16.1. The summed E-state index contributed by atoms with van der Waals surface area (Å²) in [7, 11) is 0. The molecule has 0 unspecified atom stereocenters. The lowest BCUT2D eigenvalue weighted by Gasteiger charge is -2.28. The molecule has 14 aromatic rings. The molecule has 0 bridgehead atoms. The van der Waals surface area contributed by atoms with Gasteiger partial charge in [0.2, 0.25) is 0 Å². The van der Waals surface area contributed by atoms with Crippen LogP contribution in [0.15, 0.2) is 146 Å². The van der Waals surface area contributed by atoms with Gasteiger partial charge in [0.05, 0.1) is 0 Å². The third-order valence-electron chi connectivity index (χ3n) is 19.3. The Kier molecular flexibility index (Phi) is 9.96. The topological polar surface area (TPSA) is 0 Å². The van der Waals surface area contributed by atoms with Crippen LogP contribution >= 0.6 is 0 Å². The minimum Gasteiger partial charge on any atom is -0.0616 e. The van der Waals surface area contributed by atoms with Crippen LogP contribution in [0, 0.1) is 0 Å². The van der Waals surface area contributed by atoms with Gasteiger partial charge in [-0.2, -0.15) is 0 Å². The monoisotopic (exact) mass is 1030 g/mol. The van der Waals surface area contributed by atoms with Gasteiger partial charge in [0.1, 0.15) is 0 Å². The first-order chi connectivity index (χ1) is 37.9. The average Bonchev–Trinajstić information content (AvgIpc) is 4.26. The Labute approximate surface area is 472 Å². The van der Waals surface area contributed by atoms with E-state index in [1.807, 2.05) is 0 Å². The lowest BCUT2D eigenvalue weighted by Crippen LogP contribution is -2.16. The summed E-state index contributed by atoms with van der Waals surface area (Å²) < 4.78 is 0. The van der Waals surface area contributed by atoms with Gasteiger partial charge in [-0.25, -0.2) is 0 Å². The minimum absolute atomic E-state index is 0.0756. The van der Waals surface area contributed by atoms with E-state index in [4.69, 9.17) is 0 Å². The Bertz CT molecular complexity index is 4840. The average molecular weight is 1040 g/mol. The highest BCUT2D eigenvalue weighted by Crippen LogP contribution is 2.60. The fourth-order valence-electron chi connectivity index (χ4n) is 15.2.